The zero-order valence-corrected chi connectivity index (χ0v) is 18.6. The molecule has 4 fully saturated rings. The van der Waals surface area contributed by atoms with E-state index in [0.717, 1.165) is 37.7 Å². The third-order valence-corrected chi connectivity index (χ3v) is 7.60. The molecule has 4 bridgehead atoms. The highest BCUT2D eigenvalue weighted by molar-refractivity contribution is 6.08. The number of aromatic nitrogens is 1. The highest BCUT2D eigenvalue weighted by Crippen LogP contribution is 2.55. The molecule has 1 aromatic heterocycles. The highest BCUT2D eigenvalue weighted by Gasteiger charge is 2.55. The van der Waals surface area contributed by atoms with Crippen molar-refractivity contribution in [2.24, 2.45) is 17.8 Å². The number of pyridine rings is 1. The standard InChI is InChI=1S/C26H30N2O4/c1-15-5-6-27-22(7-15)24(29)17-3-4-21(20(10-17)14-32-2)25(30)28-23-18-8-16-9-19(23)13-26(31,11-16)12-18/h3-7,10,16,18-19,23,31H,8-9,11-14H2,1-2H3,(H,28,30). The Hall–Kier alpha value is -2.57. The van der Waals surface area contributed by atoms with E-state index in [2.05, 4.69) is 10.3 Å². The van der Waals surface area contributed by atoms with Crippen molar-refractivity contribution in [1.29, 1.82) is 0 Å². The minimum Gasteiger partial charge on any atom is -0.390 e. The van der Waals surface area contributed by atoms with Crippen LogP contribution in [0.4, 0.5) is 0 Å². The van der Waals surface area contributed by atoms with E-state index in [-0.39, 0.29) is 24.3 Å². The molecule has 32 heavy (non-hydrogen) atoms. The van der Waals surface area contributed by atoms with Gasteiger partial charge in [0.25, 0.3) is 5.91 Å². The summed E-state index contributed by atoms with van der Waals surface area (Å²) in [7, 11) is 1.58. The zero-order chi connectivity index (χ0) is 22.5. The number of carbonyl (C=O) groups excluding carboxylic acids is 2. The summed E-state index contributed by atoms with van der Waals surface area (Å²) in [6.07, 6.45) is 6.29. The van der Waals surface area contributed by atoms with Gasteiger partial charge in [-0.05, 0) is 92.2 Å². The van der Waals surface area contributed by atoms with E-state index in [9.17, 15) is 14.7 Å². The molecule has 2 unspecified atom stereocenters. The lowest BCUT2D eigenvalue weighted by atomic mass is 9.52. The number of ketones is 1. The van der Waals surface area contributed by atoms with Gasteiger partial charge in [0.1, 0.15) is 5.69 Å². The average molecular weight is 435 g/mol. The molecule has 4 saturated carbocycles. The van der Waals surface area contributed by atoms with Gasteiger partial charge in [-0.1, -0.05) is 6.07 Å². The molecular formula is C26H30N2O4. The second kappa shape index (κ2) is 8.09. The van der Waals surface area contributed by atoms with Gasteiger partial charge < -0.3 is 15.2 Å². The number of carbonyl (C=O) groups is 2. The van der Waals surface area contributed by atoms with Gasteiger partial charge in [0.15, 0.2) is 0 Å². The van der Waals surface area contributed by atoms with Gasteiger partial charge >= 0.3 is 0 Å². The number of benzene rings is 1. The van der Waals surface area contributed by atoms with Gasteiger partial charge in [0, 0.05) is 30.5 Å². The number of aryl methyl sites for hydroxylation is 1. The molecule has 1 heterocycles. The van der Waals surface area contributed by atoms with Crippen LogP contribution in [0.15, 0.2) is 36.5 Å². The molecule has 6 rings (SSSR count). The Kier molecular flexibility index (Phi) is 5.38. The molecule has 1 aromatic carbocycles. The summed E-state index contributed by atoms with van der Waals surface area (Å²) < 4.78 is 5.34. The first-order chi connectivity index (χ1) is 15.3. The molecule has 2 N–H and O–H groups in total. The fraction of sp³-hybridized carbons (Fsp3) is 0.500. The van der Waals surface area contributed by atoms with Crippen LogP contribution in [0, 0.1) is 24.7 Å². The number of ether oxygens (including phenoxy) is 1. The van der Waals surface area contributed by atoms with Gasteiger partial charge in [0.05, 0.1) is 12.2 Å². The quantitative estimate of drug-likeness (QED) is 0.680. The van der Waals surface area contributed by atoms with Gasteiger partial charge in [-0.2, -0.15) is 0 Å². The number of methoxy groups -OCH3 is 1. The Morgan fingerprint density at radius 2 is 1.91 bits per heavy atom. The molecule has 2 aromatic rings. The lowest BCUT2D eigenvalue weighted by Gasteiger charge is -2.58. The van der Waals surface area contributed by atoms with E-state index in [1.165, 1.54) is 0 Å². The number of aliphatic hydroxyl groups is 1. The molecule has 6 heteroatoms. The summed E-state index contributed by atoms with van der Waals surface area (Å²) in [4.78, 5) is 30.4. The van der Waals surface area contributed by atoms with Gasteiger partial charge in [0.2, 0.25) is 5.78 Å². The van der Waals surface area contributed by atoms with Crippen molar-refractivity contribution in [3.05, 3.63) is 64.5 Å². The minimum absolute atomic E-state index is 0.104. The lowest BCUT2D eigenvalue weighted by Crippen LogP contribution is -2.61. The van der Waals surface area contributed by atoms with E-state index in [1.807, 2.05) is 13.0 Å². The Labute approximate surface area is 188 Å². The number of nitrogens with zero attached hydrogens (tertiary/aromatic N) is 1. The van der Waals surface area contributed by atoms with Crippen molar-refractivity contribution in [2.45, 2.75) is 57.3 Å². The Morgan fingerprint density at radius 1 is 1.16 bits per heavy atom. The normalized spacial score (nSPS) is 30.3. The third kappa shape index (κ3) is 3.86. The first-order valence-electron chi connectivity index (χ1n) is 11.5. The van der Waals surface area contributed by atoms with E-state index in [4.69, 9.17) is 4.74 Å². The fourth-order valence-electron chi connectivity index (χ4n) is 6.49. The maximum atomic E-state index is 13.3. The SMILES string of the molecule is COCc1cc(C(=O)c2cc(C)ccn2)ccc1C(=O)NC1C2CC3CC1CC(O)(C3)C2. The molecular weight excluding hydrogens is 404 g/mol. The molecule has 168 valence electrons. The van der Waals surface area contributed by atoms with Crippen molar-refractivity contribution in [1.82, 2.24) is 10.3 Å². The van der Waals surface area contributed by atoms with Gasteiger partial charge in [-0.25, -0.2) is 0 Å². The topological polar surface area (TPSA) is 88.5 Å². The van der Waals surface area contributed by atoms with Crippen LogP contribution in [0.3, 0.4) is 0 Å². The van der Waals surface area contributed by atoms with Crippen LogP contribution in [-0.4, -0.2) is 40.5 Å². The number of nitrogens with one attached hydrogen (secondary N) is 1. The van der Waals surface area contributed by atoms with Crippen molar-refractivity contribution in [2.75, 3.05) is 7.11 Å². The van der Waals surface area contributed by atoms with Crippen LogP contribution in [0.2, 0.25) is 0 Å². The van der Waals surface area contributed by atoms with Crippen molar-refractivity contribution in [3.8, 4) is 0 Å². The van der Waals surface area contributed by atoms with Crippen LogP contribution in [0.25, 0.3) is 0 Å². The second-order valence-corrected chi connectivity index (χ2v) is 10.0. The maximum absolute atomic E-state index is 13.3. The Morgan fingerprint density at radius 3 is 2.56 bits per heavy atom. The van der Waals surface area contributed by atoms with E-state index >= 15 is 0 Å². The second-order valence-electron chi connectivity index (χ2n) is 10.0. The van der Waals surface area contributed by atoms with Crippen LogP contribution in [0.5, 0.6) is 0 Å². The minimum atomic E-state index is -0.523. The van der Waals surface area contributed by atoms with E-state index in [1.54, 1.807) is 37.6 Å². The molecule has 4 aliphatic carbocycles. The molecule has 1 amide bonds. The molecule has 6 nitrogen and oxygen atoms in total. The van der Waals surface area contributed by atoms with E-state index < -0.39 is 5.60 Å². The summed E-state index contributed by atoms with van der Waals surface area (Å²) in [5.74, 6) is 0.973. The maximum Gasteiger partial charge on any atom is 0.251 e. The molecule has 0 radical (unpaired) electrons. The number of rotatable bonds is 6. The first kappa shape index (κ1) is 21.3. The predicted octanol–water partition coefficient (Wildman–Crippen LogP) is 3.44. The Balaban J connectivity index is 1.37. The molecule has 0 aliphatic heterocycles. The average Bonchev–Trinajstić information content (AvgIpc) is 2.74. The van der Waals surface area contributed by atoms with Gasteiger partial charge in [-0.15, -0.1) is 0 Å². The summed E-state index contributed by atoms with van der Waals surface area (Å²) in [6, 6.07) is 8.87. The molecule has 0 saturated heterocycles. The molecule has 4 aliphatic rings. The largest absolute Gasteiger partial charge is 0.390 e. The smallest absolute Gasteiger partial charge is 0.251 e. The lowest BCUT2D eigenvalue weighted by molar-refractivity contribution is -0.136. The van der Waals surface area contributed by atoms with Crippen LogP contribution >= 0.6 is 0 Å². The van der Waals surface area contributed by atoms with E-state index in [0.29, 0.717) is 40.1 Å². The van der Waals surface area contributed by atoms with Crippen molar-refractivity contribution in [3.63, 3.8) is 0 Å². The molecule has 0 spiro atoms. The summed E-state index contributed by atoms with van der Waals surface area (Å²) in [5, 5.41) is 14.1. The molecule has 2 atom stereocenters. The van der Waals surface area contributed by atoms with Crippen molar-refractivity contribution < 1.29 is 19.4 Å². The number of amides is 1. The zero-order valence-electron chi connectivity index (χ0n) is 18.6. The number of hydrogen-bond donors (Lipinski definition) is 2. The predicted molar refractivity (Wildman–Crippen MR) is 119 cm³/mol. The van der Waals surface area contributed by atoms with Crippen LogP contribution in [-0.2, 0) is 11.3 Å². The van der Waals surface area contributed by atoms with Crippen LogP contribution in [0.1, 0.15) is 69.6 Å². The van der Waals surface area contributed by atoms with Crippen LogP contribution < -0.4 is 5.32 Å². The number of hydrogen-bond acceptors (Lipinski definition) is 5. The highest BCUT2D eigenvalue weighted by atomic mass is 16.5. The third-order valence-electron chi connectivity index (χ3n) is 7.60. The first-order valence-corrected chi connectivity index (χ1v) is 11.5. The summed E-state index contributed by atoms with van der Waals surface area (Å²) >= 11 is 0. The summed E-state index contributed by atoms with van der Waals surface area (Å²) in [5.41, 5.74) is 2.54. The summed E-state index contributed by atoms with van der Waals surface area (Å²) in [6.45, 7) is 2.16. The fourth-order valence-corrected chi connectivity index (χ4v) is 6.49. The Bertz CT molecular complexity index is 1050. The monoisotopic (exact) mass is 434 g/mol. The van der Waals surface area contributed by atoms with Crippen molar-refractivity contribution >= 4 is 11.7 Å². The van der Waals surface area contributed by atoms with Gasteiger partial charge in [-0.3, -0.25) is 14.6 Å².